The van der Waals surface area contributed by atoms with Gasteiger partial charge in [-0.1, -0.05) is 24.6 Å². The monoisotopic (exact) mass is 330 g/mol. The zero-order chi connectivity index (χ0) is 14.4. The van der Waals surface area contributed by atoms with Crippen molar-refractivity contribution in [2.45, 2.75) is 19.9 Å². The highest BCUT2D eigenvalue weighted by atomic mass is 35.5. The maximum Gasteiger partial charge on any atom is 0.285 e. The highest BCUT2D eigenvalue weighted by molar-refractivity contribution is 6.33. The lowest BCUT2D eigenvalue weighted by Crippen LogP contribution is -2.15. The summed E-state index contributed by atoms with van der Waals surface area (Å²) in [4.78, 5) is 15.5. The lowest BCUT2D eigenvalue weighted by Gasteiger charge is -2.12. The van der Waals surface area contributed by atoms with Crippen LogP contribution in [-0.4, -0.2) is 21.8 Å². The average molecular weight is 331 g/mol. The van der Waals surface area contributed by atoms with Crippen molar-refractivity contribution in [2.24, 2.45) is 0 Å². The molecule has 0 aliphatic carbocycles. The molecule has 2 heterocycles. The Bertz CT molecular complexity index is 619. The summed E-state index contributed by atoms with van der Waals surface area (Å²) in [6.45, 7) is 2.95. The molecule has 0 aliphatic heterocycles. The number of nitrogens with one attached hydrogen (secondary N) is 2. The number of aromatic amines is 1. The first-order chi connectivity index (χ1) is 9.72. The number of hydrogen-bond donors (Lipinski definition) is 2. The molecule has 2 aromatic heterocycles. The molecule has 0 radical (unpaired) electrons. The maximum atomic E-state index is 11.5. The molecule has 6 nitrogen and oxygen atoms in total. The van der Waals surface area contributed by atoms with Crippen LogP contribution in [0.25, 0.3) is 0 Å². The van der Waals surface area contributed by atoms with Crippen LogP contribution in [0.1, 0.15) is 18.9 Å². The first-order valence-corrected chi connectivity index (χ1v) is 6.64. The number of H-pyrrole nitrogens is 1. The zero-order valence-electron chi connectivity index (χ0n) is 11.4. The molecule has 0 amide bonds. The minimum Gasteiger partial charge on any atom is -0.475 e. The van der Waals surface area contributed by atoms with Crippen LogP contribution in [0.5, 0.6) is 5.88 Å². The van der Waals surface area contributed by atoms with Crippen LogP contribution >= 0.6 is 24.0 Å². The Morgan fingerprint density at radius 2 is 2.29 bits per heavy atom. The van der Waals surface area contributed by atoms with Gasteiger partial charge >= 0.3 is 0 Å². The van der Waals surface area contributed by atoms with Gasteiger partial charge in [-0.2, -0.15) is 0 Å². The number of ether oxygens (including phenoxy) is 1. The second-order valence-corrected chi connectivity index (χ2v) is 4.49. The Balaban J connectivity index is 0.00000220. The van der Waals surface area contributed by atoms with Gasteiger partial charge in [0.15, 0.2) is 0 Å². The van der Waals surface area contributed by atoms with E-state index in [-0.39, 0.29) is 17.4 Å². The number of anilines is 1. The molecule has 0 fully saturated rings. The Labute approximate surface area is 133 Å². The molecule has 0 saturated heterocycles. The van der Waals surface area contributed by atoms with Crippen molar-refractivity contribution in [1.82, 2.24) is 15.2 Å². The average Bonchev–Trinajstić information content (AvgIpc) is 2.48. The third-order valence-electron chi connectivity index (χ3n) is 2.53. The molecule has 0 bridgehead atoms. The van der Waals surface area contributed by atoms with Crippen LogP contribution < -0.4 is 15.6 Å². The second kappa shape index (κ2) is 8.49. The number of rotatable bonds is 6. The summed E-state index contributed by atoms with van der Waals surface area (Å²) in [5.41, 5.74) is 0.905. The molecule has 0 saturated carbocycles. The third-order valence-corrected chi connectivity index (χ3v) is 2.89. The summed E-state index contributed by atoms with van der Waals surface area (Å²) in [6, 6.07) is 3.75. The fourth-order valence-corrected chi connectivity index (χ4v) is 1.75. The molecule has 0 aliphatic rings. The van der Waals surface area contributed by atoms with Crippen LogP contribution in [0, 0.1) is 0 Å². The minimum absolute atomic E-state index is 0. The smallest absolute Gasteiger partial charge is 0.285 e. The molecule has 2 rings (SSSR count). The molecular formula is C13H16Cl2N4O2. The number of pyridine rings is 1. The van der Waals surface area contributed by atoms with Crippen molar-refractivity contribution in [1.29, 1.82) is 0 Å². The zero-order valence-corrected chi connectivity index (χ0v) is 13.0. The van der Waals surface area contributed by atoms with Gasteiger partial charge in [0, 0.05) is 18.9 Å². The maximum absolute atomic E-state index is 11.5. The number of hydrogen-bond acceptors (Lipinski definition) is 5. The fraction of sp³-hybridized carbons (Fsp3) is 0.308. The molecule has 2 aromatic rings. The first kappa shape index (κ1) is 17.3. The largest absolute Gasteiger partial charge is 0.475 e. The molecule has 8 heteroatoms. The Hall–Kier alpha value is -1.79. The van der Waals surface area contributed by atoms with E-state index < -0.39 is 5.56 Å². The number of halogens is 2. The van der Waals surface area contributed by atoms with Gasteiger partial charge in [-0.3, -0.25) is 9.78 Å². The summed E-state index contributed by atoms with van der Waals surface area (Å²) in [5, 5.41) is 9.27. The van der Waals surface area contributed by atoms with E-state index >= 15 is 0 Å². The SMILES string of the molecule is CCCOc1n[nH]c(=O)c(Cl)c1NCc1cccnc1.Cl. The Morgan fingerprint density at radius 1 is 1.48 bits per heavy atom. The van der Waals surface area contributed by atoms with Gasteiger partial charge in [-0.25, -0.2) is 5.10 Å². The highest BCUT2D eigenvalue weighted by Crippen LogP contribution is 2.27. The highest BCUT2D eigenvalue weighted by Gasteiger charge is 2.13. The molecule has 2 N–H and O–H groups in total. The summed E-state index contributed by atoms with van der Waals surface area (Å²) in [6.07, 6.45) is 4.26. The normalized spacial score (nSPS) is 9.81. The van der Waals surface area contributed by atoms with Gasteiger partial charge in [0.05, 0.1) is 6.61 Å². The van der Waals surface area contributed by atoms with E-state index in [1.165, 1.54) is 0 Å². The van der Waals surface area contributed by atoms with Crippen LogP contribution in [0.4, 0.5) is 5.69 Å². The quantitative estimate of drug-likeness (QED) is 0.851. The number of nitrogens with zero attached hydrogens (tertiary/aromatic N) is 2. The lowest BCUT2D eigenvalue weighted by molar-refractivity contribution is 0.303. The second-order valence-electron chi connectivity index (χ2n) is 4.11. The lowest BCUT2D eigenvalue weighted by atomic mass is 10.3. The fourth-order valence-electron chi connectivity index (χ4n) is 1.56. The first-order valence-electron chi connectivity index (χ1n) is 6.26. The molecular weight excluding hydrogens is 315 g/mol. The summed E-state index contributed by atoms with van der Waals surface area (Å²) < 4.78 is 5.47. The van der Waals surface area contributed by atoms with Crippen molar-refractivity contribution >= 4 is 29.7 Å². The van der Waals surface area contributed by atoms with E-state index in [0.29, 0.717) is 24.7 Å². The van der Waals surface area contributed by atoms with E-state index in [9.17, 15) is 4.79 Å². The predicted molar refractivity (Wildman–Crippen MR) is 84.5 cm³/mol. The van der Waals surface area contributed by atoms with Crippen LogP contribution in [-0.2, 0) is 6.54 Å². The molecule has 0 unspecified atom stereocenters. The van der Waals surface area contributed by atoms with Gasteiger partial charge in [-0.05, 0) is 18.1 Å². The predicted octanol–water partition coefficient (Wildman–Crippen LogP) is 2.64. The van der Waals surface area contributed by atoms with E-state index in [1.807, 2.05) is 19.1 Å². The van der Waals surface area contributed by atoms with E-state index in [0.717, 1.165) is 12.0 Å². The van der Waals surface area contributed by atoms with Gasteiger partial charge in [-0.15, -0.1) is 17.5 Å². The molecule has 0 atom stereocenters. The molecule has 0 aromatic carbocycles. The number of aromatic nitrogens is 3. The molecule has 114 valence electrons. The van der Waals surface area contributed by atoms with Crippen molar-refractivity contribution < 1.29 is 4.74 Å². The summed E-state index contributed by atoms with van der Waals surface area (Å²) in [5.74, 6) is 0.292. The van der Waals surface area contributed by atoms with Gasteiger partial charge in [0.2, 0.25) is 0 Å². The van der Waals surface area contributed by atoms with Crippen molar-refractivity contribution in [2.75, 3.05) is 11.9 Å². The van der Waals surface area contributed by atoms with E-state index in [1.54, 1.807) is 12.4 Å². The van der Waals surface area contributed by atoms with Crippen LogP contribution in [0.15, 0.2) is 29.3 Å². The summed E-state index contributed by atoms with van der Waals surface area (Å²) in [7, 11) is 0. The van der Waals surface area contributed by atoms with Gasteiger partial charge in [0.1, 0.15) is 10.7 Å². The van der Waals surface area contributed by atoms with Crippen molar-refractivity contribution in [3.05, 3.63) is 45.5 Å². The summed E-state index contributed by atoms with van der Waals surface area (Å²) >= 11 is 6.00. The topological polar surface area (TPSA) is 79.9 Å². The van der Waals surface area contributed by atoms with Crippen molar-refractivity contribution in [3.8, 4) is 5.88 Å². The third kappa shape index (κ3) is 4.61. The molecule has 0 spiro atoms. The Kier molecular flexibility index (Phi) is 6.98. The standard InChI is InChI=1S/C13H15ClN4O2.ClH/c1-2-6-20-13-11(10(14)12(19)17-18-13)16-8-9-4-3-5-15-7-9;/h3-5,7H,2,6,8H2,1H3,(H2,16,17,19);1H. The molecule has 21 heavy (non-hydrogen) atoms. The van der Waals surface area contributed by atoms with Crippen LogP contribution in [0.2, 0.25) is 5.02 Å². The van der Waals surface area contributed by atoms with Crippen molar-refractivity contribution in [3.63, 3.8) is 0 Å². The Morgan fingerprint density at radius 3 is 2.95 bits per heavy atom. The van der Waals surface area contributed by atoms with E-state index in [4.69, 9.17) is 16.3 Å². The van der Waals surface area contributed by atoms with Gasteiger partial charge < -0.3 is 10.1 Å². The van der Waals surface area contributed by atoms with E-state index in [2.05, 4.69) is 20.5 Å². The van der Waals surface area contributed by atoms with Crippen LogP contribution in [0.3, 0.4) is 0 Å². The van der Waals surface area contributed by atoms with Gasteiger partial charge in [0.25, 0.3) is 11.4 Å². The minimum atomic E-state index is -0.454.